The van der Waals surface area contributed by atoms with Crippen LogP contribution in [0.2, 0.25) is 0 Å². The van der Waals surface area contributed by atoms with Crippen molar-refractivity contribution < 1.29 is 26.7 Å². The molecular formula is C12H25N3O6S2. The average molecular weight is 371 g/mol. The van der Waals surface area contributed by atoms with Crippen molar-refractivity contribution in [3.8, 4) is 0 Å². The number of nitrogens with zero attached hydrogens (tertiary/aromatic N) is 2. The van der Waals surface area contributed by atoms with Gasteiger partial charge >= 0.3 is 5.97 Å². The van der Waals surface area contributed by atoms with Crippen LogP contribution < -0.4 is 4.72 Å². The zero-order valence-electron chi connectivity index (χ0n) is 13.6. The Balaban J connectivity index is 2.61. The number of sulfonamides is 1. The van der Waals surface area contributed by atoms with Gasteiger partial charge in [-0.15, -0.1) is 0 Å². The van der Waals surface area contributed by atoms with Crippen LogP contribution in [0.1, 0.15) is 20.3 Å². The van der Waals surface area contributed by atoms with Gasteiger partial charge in [0.1, 0.15) is 0 Å². The van der Waals surface area contributed by atoms with E-state index in [4.69, 9.17) is 5.11 Å². The van der Waals surface area contributed by atoms with Crippen molar-refractivity contribution >= 4 is 26.2 Å². The molecule has 0 saturated carbocycles. The van der Waals surface area contributed by atoms with Crippen molar-refractivity contribution in [1.29, 1.82) is 0 Å². The number of carbonyl (C=O) groups is 1. The first kappa shape index (κ1) is 20.3. The lowest BCUT2D eigenvalue weighted by Gasteiger charge is -2.32. The maximum Gasteiger partial charge on any atom is 0.307 e. The molecule has 136 valence electrons. The van der Waals surface area contributed by atoms with Crippen molar-refractivity contribution in [1.82, 2.24) is 13.3 Å². The Morgan fingerprint density at radius 1 is 1.09 bits per heavy atom. The molecule has 0 aliphatic carbocycles. The fourth-order valence-corrected chi connectivity index (χ4v) is 4.44. The molecule has 1 aliphatic rings. The van der Waals surface area contributed by atoms with Gasteiger partial charge in [0, 0.05) is 32.7 Å². The van der Waals surface area contributed by atoms with Crippen LogP contribution in [0.4, 0.5) is 0 Å². The number of aliphatic carboxylic acids is 1. The number of hydrogen-bond acceptors (Lipinski definition) is 5. The van der Waals surface area contributed by atoms with Crippen LogP contribution in [-0.4, -0.2) is 75.5 Å². The topological polar surface area (TPSA) is 124 Å². The quantitative estimate of drug-likeness (QED) is 0.572. The molecule has 2 N–H and O–H groups in total. The lowest BCUT2D eigenvalue weighted by Crippen LogP contribution is -2.53. The monoisotopic (exact) mass is 371 g/mol. The summed E-state index contributed by atoms with van der Waals surface area (Å²) in [5.74, 6) is -1.69. The third-order valence-corrected chi connectivity index (χ3v) is 6.50. The molecule has 0 aromatic rings. The largest absolute Gasteiger partial charge is 0.481 e. The SMILES string of the molecule is CC(C)CC(CNS(=O)(=O)N1CCN(S(C)(=O)=O)CC1)C(=O)O. The van der Waals surface area contributed by atoms with Crippen LogP contribution in [0.15, 0.2) is 0 Å². The van der Waals surface area contributed by atoms with Crippen molar-refractivity contribution in [2.75, 3.05) is 39.0 Å². The second kappa shape index (κ2) is 7.88. The maximum atomic E-state index is 12.2. The summed E-state index contributed by atoms with van der Waals surface area (Å²) in [6.45, 7) is 3.84. The zero-order chi connectivity index (χ0) is 17.8. The van der Waals surface area contributed by atoms with E-state index in [1.54, 1.807) is 0 Å². The molecule has 1 atom stereocenters. The van der Waals surface area contributed by atoms with Gasteiger partial charge in [0.2, 0.25) is 10.0 Å². The lowest BCUT2D eigenvalue weighted by molar-refractivity contribution is -0.142. The molecule has 1 fully saturated rings. The predicted molar refractivity (Wildman–Crippen MR) is 85.5 cm³/mol. The number of hydrogen-bond donors (Lipinski definition) is 2. The second-order valence-electron chi connectivity index (χ2n) is 6.08. The van der Waals surface area contributed by atoms with E-state index in [2.05, 4.69) is 4.72 Å². The summed E-state index contributed by atoms with van der Waals surface area (Å²) in [4.78, 5) is 11.2. The highest BCUT2D eigenvalue weighted by Crippen LogP contribution is 2.13. The Kier molecular flexibility index (Phi) is 6.95. The van der Waals surface area contributed by atoms with Gasteiger partial charge in [0.15, 0.2) is 0 Å². The van der Waals surface area contributed by atoms with Crippen LogP contribution in [0.25, 0.3) is 0 Å². The van der Waals surface area contributed by atoms with Gasteiger partial charge in [-0.2, -0.15) is 17.0 Å². The number of rotatable bonds is 8. The van der Waals surface area contributed by atoms with Gasteiger partial charge in [-0.05, 0) is 12.3 Å². The molecule has 9 nitrogen and oxygen atoms in total. The maximum absolute atomic E-state index is 12.2. The first-order chi connectivity index (χ1) is 10.4. The van der Waals surface area contributed by atoms with E-state index < -0.39 is 32.1 Å². The molecule has 0 aromatic carbocycles. The number of piperazine rings is 1. The summed E-state index contributed by atoms with van der Waals surface area (Å²) in [7, 11) is -7.15. The van der Waals surface area contributed by atoms with Crippen LogP contribution in [0.3, 0.4) is 0 Å². The highest BCUT2D eigenvalue weighted by molar-refractivity contribution is 7.88. The molecule has 0 aromatic heterocycles. The van der Waals surface area contributed by atoms with Crippen LogP contribution >= 0.6 is 0 Å². The highest BCUT2D eigenvalue weighted by atomic mass is 32.2. The third-order valence-electron chi connectivity index (χ3n) is 3.62. The predicted octanol–water partition coefficient (Wildman–Crippen LogP) is -0.855. The highest BCUT2D eigenvalue weighted by Gasteiger charge is 2.31. The van der Waals surface area contributed by atoms with E-state index in [0.29, 0.717) is 6.42 Å². The molecule has 1 unspecified atom stereocenters. The Bertz CT molecular complexity index is 609. The molecule has 1 saturated heterocycles. The first-order valence-corrected chi connectivity index (χ1v) is 10.6. The van der Waals surface area contributed by atoms with Crippen LogP contribution in [0, 0.1) is 11.8 Å². The molecule has 11 heteroatoms. The van der Waals surface area contributed by atoms with E-state index in [9.17, 15) is 21.6 Å². The van der Waals surface area contributed by atoms with E-state index in [-0.39, 0.29) is 38.6 Å². The normalized spacial score (nSPS) is 19.8. The Hall–Kier alpha value is -0.750. The summed E-state index contributed by atoms with van der Waals surface area (Å²) in [6, 6.07) is 0. The Labute approximate surface area is 137 Å². The molecule has 1 aliphatic heterocycles. The average Bonchev–Trinajstić information content (AvgIpc) is 2.42. The summed E-state index contributed by atoms with van der Waals surface area (Å²) in [5.41, 5.74) is 0. The molecular weight excluding hydrogens is 346 g/mol. The summed E-state index contributed by atoms with van der Waals surface area (Å²) in [5, 5.41) is 9.13. The number of carboxylic acids is 1. The number of nitrogens with one attached hydrogen (secondary N) is 1. The van der Waals surface area contributed by atoms with E-state index in [1.807, 2.05) is 13.8 Å². The minimum atomic E-state index is -3.82. The smallest absolute Gasteiger partial charge is 0.307 e. The summed E-state index contributed by atoms with van der Waals surface area (Å²) < 4.78 is 51.9. The summed E-state index contributed by atoms with van der Waals surface area (Å²) >= 11 is 0. The fraction of sp³-hybridized carbons (Fsp3) is 0.917. The van der Waals surface area contributed by atoms with Crippen molar-refractivity contribution in [2.45, 2.75) is 20.3 Å². The van der Waals surface area contributed by atoms with Crippen molar-refractivity contribution in [2.24, 2.45) is 11.8 Å². The van der Waals surface area contributed by atoms with Gasteiger partial charge in [-0.3, -0.25) is 4.79 Å². The Morgan fingerprint density at radius 2 is 1.57 bits per heavy atom. The molecule has 0 amide bonds. The molecule has 0 bridgehead atoms. The third kappa shape index (κ3) is 6.34. The molecule has 23 heavy (non-hydrogen) atoms. The van der Waals surface area contributed by atoms with Crippen molar-refractivity contribution in [3.05, 3.63) is 0 Å². The second-order valence-corrected chi connectivity index (χ2v) is 9.82. The standard InChI is InChI=1S/C12H25N3O6S2/c1-10(2)8-11(12(16)17)9-13-23(20,21)15-6-4-14(5-7-15)22(3,18)19/h10-11,13H,4-9H2,1-3H3,(H,16,17). The van der Waals surface area contributed by atoms with Crippen LogP contribution in [0.5, 0.6) is 0 Å². The van der Waals surface area contributed by atoms with Gasteiger partial charge in [-0.25, -0.2) is 13.1 Å². The lowest BCUT2D eigenvalue weighted by atomic mass is 9.98. The van der Waals surface area contributed by atoms with Gasteiger partial charge < -0.3 is 5.11 Å². The van der Waals surface area contributed by atoms with Gasteiger partial charge in [0.25, 0.3) is 10.2 Å². The fourth-order valence-electron chi connectivity index (χ4n) is 2.38. The van der Waals surface area contributed by atoms with E-state index in [0.717, 1.165) is 10.6 Å². The van der Waals surface area contributed by atoms with Gasteiger partial charge in [0.05, 0.1) is 12.2 Å². The van der Waals surface area contributed by atoms with E-state index in [1.165, 1.54) is 4.31 Å². The zero-order valence-corrected chi connectivity index (χ0v) is 15.2. The van der Waals surface area contributed by atoms with Gasteiger partial charge in [-0.1, -0.05) is 13.8 Å². The molecule has 0 radical (unpaired) electrons. The minimum absolute atomic E-state index is 0.0460. The first-order valence-electron chi connectivity index (χ1n) is 7.36. The molecule has 1 rings (SSSR count). The molecule has 0 spiro atoms. The Morgan fingerprint density at radius 3 is 1.96 bits per heavy atom. The van der Waals surface area contributed by atoms with E-state index >= 15 is 0 Å². The summed E-state index contributed by atoms with van der Waals surface area (Å²) in [6.07, 6.45) is 1.46. The molecule has 1 heterocycles. The minimum Gasteiger partial charge on any atom is -0.481 e. The number of carboxylic acid groups (broad SMARTS) is 1. The van der Waals surface area contributed by atoms with Crippen molar-refractivity contribution in [3.63, 3.8) is 0 Å². The van der Waals surface area contributed by atoms with Crippen LogP contribution in [-0.2, 0) is 25.0 Å².